The van der Waals surface area contributed by atoms with E-state index in [2.05, 4.69) is 17.2 Å². The molecule has 3 N–H and O–H groups in total. The van der Waals surface area contributed by atoms with Gasteiger partial charge in [0.15, 0.2) is 0 Å². The highest BCUT2D eigenvalue weighted by Crippen LogP contribution is 2.37. The second kappa shape index (κ2) is 6.55. The summed E-state index contributed by atoms with van der Waals surface area (Å²) >= 11 is 0. The van der Waals surface area contributed by atoms with Crippen LogP contribution >= 0.6 is 0 Å². The molecule has 2 rings (SSSR count). The third kappa shape index (κ3) is 4.36. The minimum atomic E-state index is -0.475. The number of ether oxygens (including phenoxy) is 1. The Morgan fingerprint density at radius 3 is 2.77 bits per heavy atom. The highest BCUT2D eigenvalue weighted by atomic mass is 16.6. The molecule has 1 aromatic rings. The van der Waals surface area contributed by atoms with E-state index in [1.54, 1.807) is 12.4 Å². The van der Waals surface area contributed by atoms with Crippen molar-refractivity contribution in [1.82, 2.24) is 10.3 Å². The Morgan fingerprint density at radius 1 is 1.41 bits per heavy atom. The fraction of sp³-hybridized carbons (Fsp3) is 0.647. The van der Waals surface area contributed by atoms with Crippen LogP contribution in [0.4, 0.5) is 10.5 Å². The van der Waals surface area contributed by atoms with Crippen LogP contribution in [0.5, 0.6) is 0 Å². The second-order valence-electron chi connectivity index (χ2n) is 7.24. The van der Waals surface area contributed by atoms with E-state index in [-0.39, 0.29) is 12.1 Å². The maximum atomic E-state index is 12.0. The molecule has 3 unspecified atom stereocenters. The van der Waals surface area contributed by atoms with E-state index in [1.165, 1.54) is 0 Å². The molecule has 1 aliphatic rings. The van der Waals surface area contributed by atoms with Crippen molar-refractivity contribution in [3.8, 4) is 0 Å². The van der Waals surface area contributed by atoms with Gasteiger partial charge in [0.05, 0.1) is 11.9 Å². The van der Waals surface area contributed by atoms with Crippen LogP contribution in [-0.4, -0.2) is 22.7 Å². The zero-order chi connectivity index (χ0) is 16.3. The molecule has 1 heterocycles. The van der Waals surface area contributed by atoms with E-state index in [0.717, 1.165) is 30.5 Å². The van der Waals surface area contributed by atoms with E-state index in [4.69, 9.17) is 10.5 Å². The molecule has 1 aromatic heterocycles. The Morgan fingerprint density at radius 2 is 2.14 bits per heavy atom. The second-order valence-corrected chi connectivity index (χ2v) is 7.24. The van der Waals surface area contributed by atoms with E-state index in [0.29, 0.717) is 11.8 Å². The Balaban J connectivity index is 2.02. The lowest BCUT2D eigenvalue weighted by atomic mass is 9.76. The van der Waals surface area contributed by atoms with Gasteiger partial charge in [0.2, 0.25) is 0 Å². The predicted molar refractivity (Wildman–Crippen MR) is 87.6 cm³/mol. The Labute approximate surface area is 132 Å². The summed E-state index contributed by atoms with van der Waals surface area (Å²) in [5.41, 5.74) is 7.44. The number of nitrogens with zero attached hydrogens (tertiary/aromatic N) is 1. The first-order valence-electron chi connectivity index (χ1n) is 7.95. The summed E-state index contributed by atoms with van der Waals surface area (Å²) < 4.78 is 5.37. The minimum Gasteiger partial charge on any atom is -0.444 e. The molecule has 1 aliphatic carbocycles. The van der Waals surface area contributed by atoms with E-state index in [1.807, 2.05) is 26.8 Å². The molecule has 0 bridgehead atoms. The van der Waals surface area contributed by atoms with Crippen molar-refractivity contribution in [3.63, 3.8) is 0 Å². The number of rotatable bonds is 2. The largest absolute Gasteiger partial charge is 0.444 e. The lowest BCUT2D eigenvalue weighted by Crippen LogP contribution is -2.45. The van der Waals surface area contributed by atoms with Crippen LogP contribution in [0.2, 0.25) is 0 Å². The van der Waals surface area contributed by atoms with Crippen molar-refractivity contribution < 1.29 is 9.53 Å². The lowest BCUT2D eigenvalue weighted by Gasteiger charge is -2.35. The quantitative estimate of drug-likeness (QED) is 0.877. The van der Waals surface area contributed by atoms with Crippen LogP contribution < -0.4 is 11.1 Å². The summed E-state index contributed by atoms with van der Waals surface area (Å²) in [4.78, 5) is 16.1. The molecule has 1 saturated carbocycles. The third-order valence-corrected chi connectivity index (χ3v) is 4.22. The Hall–Kier alpha value is -1.78. The van der Waals surface area contributed by atoms with Gasteiger partial charge >= 0.3 is 6.09 Å². The number of anilines is 1. The highest BCUT2D eigenvalue weighted by molar-refractivity contribution is 5.68. The minimum absolute atomic E-state index is 0.112. The number of nitrogens with two attached hydrogens (primary N) is 1. The summed E-state index contributed by atoms with van der Waals surface area (Å²) in [6.07, 6.45) is 6.17. The molecule has 22 heavy (non-hydrogen) atoms. The van der Waals surface area contributed by atoms with Crippen molar-refractivity contribution in [2.75, 3.05) is 5.73 Å². The van der Waals surface area contributed by atoms with Crippen LogP contribution in [0.25, 0.3) is 0 Å². The number of nitrogen functional groups attached to an aromatic ring is 1. The van der Waals surface area contributed by atoms with E-state index in [9.17, 15) is 4.79 Å². The number of pyridine rings is 1. The monoisotopic (exact) mass is 305 g/mol. The standard InChI is InChI=1S/C17H27N3O2/c1-11-5-6-12(13-7-8-19-10-14(13)18)9-15(11)20-16(21)22-17(2,3)4/h7-8,10-12,15H,5-6,9,18H2,1-4H3,(H,20,21). The van der Waals surface area contributed by atoms with Gasteiger partial charge in [0, 0.05) is 12.2 Å². The van der Waals surface area contributed by atoms with Crippen LogP contribution in [0.3, 0.4) is 0 Å². The number of hydrogen-bond donors (Lipinski definition) is 2. The number of amides is 1. The molecule has 0 spiro atoms. The van der Waals surface area contributed by atoms with Crippen molar-refractivity contribution >= 4 is 11.8 Å². The first kappa shape index (κ1) is 16.6. The first-order valence-corrected chi connectivity index (χ1v) is 7.95. The van der Waals surface area contributed by atoms with Gasteiger partial charge in [-0.3, -0.25) is 4.98 Å². The topological polar surface area (TPSA) is 77.2 Å². The van der Waals surface area contributed by atoms with Gasteiger partial charge in [0.25, 0.3) is 0 Å². The fourth-order valence-electron chi connectivity index (χ4n) is 3.05. The number of alkyl carbamates (subject to hydrolysis) is 1. The van der Waals surface area contributed by atoms with Crippen LogP contribution in [0.1, 0.15) is 58.4 Å². The van der Waals surface area contributed by atoms with Crippen molar-refractivity contribution in [2.45, 2.75) is 64.5 Å². The van der Waals surface area contributed by atoms with Crippen molar-refractivity contribution in [2.24, 2.45) is 5.92 Å². The maximum Gasteiger partial charge on any atom is 0.407 e. The first-order chi connectivity index (χ1) is 10.3. The summed E-state index contributed by atoms with van der Waals surface area (Å²) in [5, 5.41) is 3.03. The molecule has 1 fully saturated rings. The number of carbonyl (C=O) groups is 1. The summed E-state index contributed by atoms with van der Waals surface area (Å²) in [7, 11) is 0. The molecule has 122 valence electrons. The number of aromatic nitrogens is 1. The number of nitrogens with one attached hydrogen (secondary N) is 1. The smallest absolute Gasteiger partial charge is 0.407 e. The van der Waals surface area contributed by atoms with Crippen LogP contribution in [0, 0.1) is 5.92 Å². The fourth-order valence-corrected chi connectivity index (χ4v) is 3.05. The molecule has 5 heteroatoms. The zero-order valence-electron chi connectivity index (χ0n) is 13.9. The van der Waals surface area contributed by atoms with Crippen LogP contribution in [0.15, 0.2) is 18.5 Å². The van der Waals surface area contributed by atoms with Crippen molar-refractivity contribution in [1.29, 1.82) is 0 Å². The average Bonchev–Trinajstić information content (AvgIpc) is 2.40. The predicted octanol–water partition coefficient (Wildman–Crippen LogP) is 3.46. The highest BCUT2D eigenvalue weighted by Gasteiger charge is 2.31. The normalized spacial score (nSPS) is 25.5. The maximum absolute atomic E-state index is 12.0. The Kier molecular flexibility index (Phi) is 4.94. The van der Waals surface area contributed by atoms with E-state index < -0.39 is 5.60 Å². The van der Waals surface area contributed by atoms with Gasteiger partial charge < -0.3 is 15.8 Å². The SMILES string of the molecule is CC1CCC(c2ccncc2N)CC1NC(=O)OC(C)(C)C. The molecule has 0 aliphatic heterocycles. The zero-order valence-corrected chi connectivity index (χ0v) is 13.9. The van der Waals surface area contributed by atoms with Crippen LogP contribution in [-0.2, 0) is 4.74 Å². The summed E-state index contributed by atoms with van der Waals surface area (Å²) in [6, 6.07) is 2.10. The molecule has 3 atom stereocenters. The third-order valence-electron chi connectivity index (χ3n) is 4.22. The van der Waals surface area contributed by atoms with Gasteiger partial charge in [0.1, 0.15) is 5.60 Å². The molecule has 1 amide bonds. The van der Waals surface area contributed by atoms with Gasteiger partial charge in [-0.25, -0.2) is 4.79 Å². The van der Waals surface area contributed by atoms with Gasteiger partial charge in [-0.05, 0) is 63.5 Å². The molecule has 5 nitrogen and oxygen atoms in total. The van der Waals surface area contributed by atoms with Gasteiger partial charge in [-0.15, -0.1) is 0 Å². The Bertz CT molecular complexity index is 525. The van der Waals surface area contributed by atoms with Crippen molar-refractivity contribution in [3.05, 3.63) is 24.0 Å². The van der Waals surface area contributed by atoms with Gasteiger partial charge in [-0.2, -0.15) is 0 Å². The molecule has 0 radical (unpaired) electrons. The number of carbonyl (C=O) groups excluding carboxylic acids is 1. The molecule has 0 aromatic carbocycles. The lowest BCUT2D eigenvalue weighted by molar-refractivity contribution is 0.0469. The van der Waals surface area contributed by atoms with Gasteiger partial charge in [-0.1, -0.05) is 6.92 Å². The molecular weight excluding hydrogens is 278 g/mol. The molecular formula is C17H27N3O2. The average molecular weight is 305 g/mol. The summed E-state index contributed by atoms with van der Waals surface area (Å²) in [6.45, 7) is 7.79. The van der Waals surface area contributed by atoms with E-state index >= 15 is 0 Å². The number of hydrogen-bond acceptors (Lipinski definition) is 4. The molecule has 0 saturated heterocycles. The summed E-state index contributed by atoms with van der Waals surface area (Å²) in [5.74, 6) is 0.797.